The van der Waals surface area contributed by atoms with Crippen molar-refractivity contribution in [1.82, 2.24) is 5.32 Å². The molecule has 1 aliphatic heterocycles. The molecule has 0 saturated heterocycles. The van der Waals surface area contributed by atoms with E-state index in [-0.39, 0.29) is 12.5 Å². The Morgan fingerprint density at radius 1 is 1.09 bits per heavy atom. The normalized spacial score (nSPS) is 18.5. The van der Waals surface area contributed by atoms with Gasteiger partial charge in [-0.05, 0) is 30.9 Å². The van der Waals surface area contributed by atoms with Gasteiger partial charge in [0.15, 0.2) is 0 Å². The maximum atomic E-state index is 13.5. The average Bonchev–Trinajstić information content (AvgIpc) is 2.95. The SMILES string of the molecule is Cc1cccc2c1N(CC(=O)O)C(=O)[C@@H](NC(=O)OCc1ccccc1)N=C2C1CCCCC1. The number of hydrogen-bond donors (Lipinski definition) is 2. The monoisotopic (exact) mass is 463 g/mol. The highest BCUT2D eigenvalue weighted by atomic mass is 16.5. The third kappa shape index (κ3) is 5.27. The fraction of sp³-hybridized carbons (Fsp3) is 0.385. The molecule has 8 nitrogen and oxygen atoms in total. The van der Waals surface area contributed by atoms with E-state index in [0.717, 1.165) is 54.5 Å². The lowest BCUT2D eigenvalue weighted by Crippen LogP contribution is -2.49. The first-order valence-corrected chi connectivity index (χ1v) is 11.6. The molecule has 1 fully saturated rings. The highest BCUT2D eigenvalue weighted by Gasteiger charge is 2.37. The maximum Gasteiger partial charge on any atom is 0.409 e. The Labute approximate surface area is 198 Å². The second kappa shape index (κ2) is 10.5. The van der Waals surface area contributed by atoms with Gasteiger partial charge in [-0.15, -0.1) is 0 Å². The molecule has 0 aromatic heterocycles. The van der Waals surface area contributed by atoms with Crippen molar-refractivity contribution in [3.8, 4) is 0 Å². The number of carbonyl (C=O) groups excluding carboxylic acids is 2. The summed E-state index contributed by atoms with van der Waals surface area (Å²) >= 11 is 0. The van der Waals surface area contributed by atoms with Gasteiger partial charge in [0, 0.05) is 11.5 Å². The number of benzene rings is 2. The van der Waals surface area contributed by atoms with Gasteiger partial charge in [0.25, 0.3) is 5.91 Å². The first kappa shape index (κ1) is 23.5. The van der Waals surface area contributed by atoms with Crippen molar-refractivity contribution in [2.24, 2.45) is 10.9 Å². The van der Waals surface area contributed by atoms with Crippen LogP contribution in [-0.2, 0) is 20.9 Å². The van der Waals surface area contributed by atoms with Gasteiger partial charge in [-0.2, -0.15) is 0 Å². The highest BCUT2D eigenvalue weighted by Crippen LogP contribution is 2.35. The van der Waals surface area contributed by atoms with Crippen molar-refractivity contribution in [2.75, 3.05) is 11.4 Å². The van der Waals surface area contributed by atoms with Crippen molar-refractivity contribution >= 4 is 29.4 Å². The number of carboxylic acids is 1. The number of rotatable bonds is 6. The Balaban J connectivity index is 1.67. The fourth-order valence-electron chi connectivity index (χ4n) is 4.71. The van der Waals surface area contributed by atoms with Gasteiger partial charge in [0.1, 0.15) is 13.2 Å². The number of hydrogen-bond acceptors (Lipinski definition) is 5. The van der Waals surface area contributed by atoms with Crippen LogP contribution in [0.3, 0.4) is 0 Å². The summed E-state index contributed by atoms with van der Waals surface area (Å²) in [5, 5.41) is 12.1. The number of aliphatic imine (C=N–C) groups is 1. The van der Waals surface area contributed by atoms with E-state index >= 15 is 0 Å². The predicted octanol–water partition coefficient (Wildman–Crippen LogP) is 4.05. The van der Waals surface area contributed by atoms with Gasteiger partial charge in [-0.25, -0.2) is 4.79 Å². The predicted molar refractivity (Wildman–Crippen MR) is 128 cm³/mol. The number of nitrogens with one attached hydrogen (secondary N) is 1. The van der Waals surface area contributed by atoms with Crippen LogP contribution in [0.5, 0.6) is 0 Å². The molecule has 8 heteroatoms. The van der Waals surface area contributed by atoms with Crippen LogP contribution >= 0.6 is 0 Å². The summed E-state index contributed by atoms with van der Waals surface area (Å²) in [6, 6.07) is 14.8. The van der Waals surface area contributed by atoms with Crippen molar-refractivity contribution in [1.29, 1.82) is 0 Å². The van der Waals surface area contributed by atoms with Gasteiger partial charge in [-0.1, -0.05) is 67.8 Å². The van der Waals surface area contributed by atoms with Crippen molar-refractivity contribution in [3.63, 3.8) is 0 Å². The third-order valence-electron chi connectivity index (χ3n) is 6.30. The number of carboxylic acid groups (broad SMARTS) is 1. The lowest BCUT2D eigenvalue weighted by atomic mass is 9.82. The number of nitrogens with zero attached hydrogens (tertiary/aromatic N) is 2. The van der Waals surface area contributed by atoms with Crippen LogP contribution in [0.15, 0.2) is 53.5 Å². The molecule has 178 valence electrons. The number of para-hydroxylation sites is 1. The van der Waals surface area contributed by atoms with E-state index in [0.29, 0.717) is 5.69 Å². The minimum Gasteiger partial charge on any atom is -0.480 e. The van der Waals surface area contributed by atoms with Crippen molar-refractivity contribution < 1.29 is 24.2 Å². The van der Waals surface area contributed by atoms with Gasteiger partial charge in [0.05, 0.1) is 11.4 Å². The van der Waals surface area contributed by atoms with Crippen LogP contribution < -0.4 is 10.2 Å². The summed E-state index contributed by atoms with van der Waals surface area (Å²) in [6.45, 7) is 1.37. The van der Waals surface area contributed by atoms with Crippen LogP contribution in [0.1, 0.15) is 48.8 Å². The quantitative estimate of drug-likeness (QED) is 0.672. The molecular weight excluding hydrogens is 434 g/mol. The summed E-state index contributed by atoms with van der Waals surface area (Å²) in [5.74, 6) is -1.61. The number of benzodiazepines with no additional fused rings is 1. The molecule has 1 atom stereocenters. The molecule has 1 saturated carbocycles. The fourth-order valence-corrected chi connectivity index (χ4v) is 4.71. The molecule has 2 aromatic carbocycles. The minimum atomic E-state index is -1.27. The van der Waals surface area contributed by atoms with Gasteiger partial charge >= 0.3 is 12.1 Å². The first-order chi connectivity index (χ1) is 16.4. The largest absolute Gasteiger partial charge is 0.480 e. The number of ether oxygens (including phenoxy) is 1. The molecule has 2 aliphatic rings. The minimum absolute atomic E-state index is 0.0466. The Kier molecular flexibility index (Phi) is 7.25. The van der Waals surface area contributed by atoms with Crippen LogP contribution in [0.25, 0.3) is 0 Å². The second-order valence-electron chi connectivity index (χ2n) is 8.75. The zero-order valence-electron chi connectivity index (χ0n) is 19.2. The summed E-state index contributed by atoms with van der Waals surface area (Å²) in [7, 11) is 0. The topological polar surface area (TPSA) is 108 Å². The molecule has 1 aliphatic carbocycles. The van der Waals surface area contributed by atoms with Crippen LogP contribution in [0.4, 0.5) is 10.5 Å². The zero-order valence-corrected chi connectivity index (χ0v) is 19.2. The first-order valence-electron chi connectivity index (χ1n) is 11.6. The lowest BCUT2D eigenvalue weighted by molar-refractivity contribution is -0.136. The number of amides is 2. The summed E-state index contributed by atoms with van der Waals surface area (Å²) < 4.78 is 5.31. The van der Waals surface area contributed by atoms with Crippen molar-refractivity contribution in [3.05, 3.63) is 65.2 Å². The number of fused-ring (bicyclic) bond motifs is 1. The van der Waals surface area contributed by atoms with Crippen LogP contribution in [0, 0.1) is 12.8 Å². The van der Waals surface area contributed by atoms with E-state index in [1.54, 1.807) is 0 Å². The molecule has 2 amide bonds. The van der Waals surface area contributed by atoms with E-state index in [1.807, 2.05) is 55.5 Å². The second-order valence-corrected chi connectivity index (χ2v) is 8.75. The lowest BCUT2D eigenvalue weighted by Gasteiger charge is -2.27. The maximum absolute atomic E-state index is 13.5. The van der Waals surface area contributed by atoms with E-state index in [4.69, 9.17) is 9.73 Å². The van der Waals surface area contributed by atoms with Crippen LogP contribution in [0.2, 0.25) is 0 Å². The molecule has 0 bridgehead atoms. The van der Waals surface area contributed by atoms with Gasteiger partial charge < -0.3 is 9.84 Å². The van der Waals surface area contributed by atoms with Gasteiger partial charge in [-0.3, -0.25) is 24.8 Å². The zero-order chi connectivity index (χ0) is 24.1. The number of anilines is 1. The molecule has 2 aromatic rings. The molecular formula is C26H29N3O5. The molecule has 0 radical (unpaired) electrons. The average molecular weight is 464 g/mol. The number of aliphatic carboxylic acids is 1. The van der Waals surface area contributed by atoms with E-state index < -0.39 is 30.7 Å². The van der Waals surface area contributed by atoms with Crippen molar-refractivity contribution in [2.45, 2.75) is 51.8 Å². The van der Waals surface area contributed by atoms with E-state index in [1.165, 1.54) is 4.90 Å². The molecule has 0 spiro atoms. The van der Waals surface area contributed by atoms with E-state index in [2.05, 4.69) is 5.32 Å². The Morgan fingerprint density at radius 2 is 1.82 bits per heavy atom. The summed E-state index contributed by atoms with van der Waals surface area (Å²) in [4.78, 5) is 43.8. The van der Waals surface area contributed by atoms with Crippen LogP contribution in [-0.4, -0.2) is 41.5 Å². The van der Waals surface area contributed by atoms with Gasteiger partial charge in [0.2, 0.25) is 6.17 Å². The summed E-state index contributed by atoms with van der Waals surface area (Å²) in [5.41, 5.74) is 3.63. The standard InChI is InChI=1S/C26H29N3O5/c1-17-9-8-14-20-22(19-12-6-3-7-13-19)27-24(25(32)29(23(17)20)15-21(30)31)28-26(33)34-16-18-10-4-2-5-11-18/h2,4-5,8-11,14,19,24H,3,6-7,12-13,15-16H2,1H3,(H,28,33)(H,30,31)/t24-/m1/s1. The number of carbonyl (C=O) groups is 3. The third-order valence-corrected chi connectivity index (χ3v) is 6.30. The molecule has 34 heavy (non-hydrogen) atoms. The number of aryl methyl sites for hydroxylation is 1. The molecule has 4 rings (SSSR count). The smallest absolute Gasteiger partial charge is 0.409 e. The summed E-state index contributed by atoms with van der Waals surface area (Å²) in [6.07, 6.45) is 3.10. The van der Waals surface area contributed by atoms with E-state index in [9.17, 15) is 19.5 Å². The number of alkyl carbamates (subject to hydrolysis) is 1. The Morgan fingerprint density at radius 3 is 2.53 bits per heavy atom. The Bertz CT molecular complexity index is 1090. The highest BCUT2D eigenvalue weighted by molar-refractivity contribution is 6.15. The molecule has 2 N–H and O–H groups in total. The molecule has 1 heterocycles. The molecule has 0 unspecified atom stereocenters. The Hall–Kier alpha value is -3.68.